The molecular formula is C15H14BrN3O2S. The molecule has 0 aliphatic carbocycles. The molecule has 22 heavy (non-hydrogen) atoms. The van der Waals surface area contributed by atoms with Gasteiger partial charge in [-0.25, -0.2) is 0 Å². The maximum absolute atomic E-state index is 10.8. The molecule has 0 bridgehead atoms. The first-order chi connectivity index (χ1) is 10.5. The molecule has 0 radical (unpaired) electrons. The van der Waals surface area contributed by atoms with Crippen LogP contribution in [0.5, 0.6) is 5.75 Å². The Bertz CT molecular complexity index is 770. The summed E-state index contributed by atoms with van der Waals surface area (Å²) in [6, 6.07) is 8.00. The number of amidine groups is 1. The summed E-state index contributed by atoms with van der Waals surface area (Å²) >= 11 is 5.01. The summed E-state index contributed by atoms with van der Waals surface area (Å²) in [4.78, 5) is 16.8. The Kier molecular flexibility index (Phi) is 4.17. The maximum Gasteiger partial charge on any atom is 0.239 e. The van der Waals surface area contributed by atoms with Crippen molar-refractivity contribution in [1.29, 1.82) is 0 Å². The van der Waals surface area contributed by atoms with E-state index in [0.29, 0.717) is 12.4 Å². The topological polar surface area (TPSA) is 90.7 Å². The number of rotatable bonds is 3. The van der Waals surface area contributed by atoms with Gasteiger partial charge in [0.15, 0.2) is 0 Å². The third kappa shape index (κ3) is 3.00. The van der Waals surface area contributed by atoms with E-state index in [1.54, 1.807) is 11.3 Å². The summed E-state index contributed by atoms with van der Waals surface area (Å²) in [5.41, 5.74) is 13.3. The highest BCUT2D eigenvalue weighted by Crippen LogP contribution is 2.41. The smallest absolute Gasteiger partial charge is 0.239 e. The van der Waals surface area contributed by atoms with Crippen LogP contribution in [0.4, 0.5) is 0 Å². The molecule has 0 fully saturated rings. The van der Waals surface area contributed by atoms with Crippen LogP contribution in [0.3, 0.4) is 0 Å². The van der Waals surface area contributed by atoms with Crippen LogP contribution in [0.15, 0.2) is 33.7 Å². The number of carbonyl (C=O) groups excluding carboxylic acids is 1. The van der Waals surface area contributed by atoms with Gasteiger partial charge in [-0.2, -0.15) is 0 Å². The SMILES string of the molecule is NC(=O)CN=C(N)c1cc2c(s1)-c1ccc(Br)cc1OCC2. The van der Waals surface area contributed by atoms with Crippen LogP contribution >= 0.6 is 27.3 Å². The zero-order valence-corrected chi connectivity index (χ0v) is 14.0. The van der Waals surface area contributed by atoms with E-state index >= 15 is 0 Å². The van der Waals surface area contributed by atoms with Crippen molar-refractivity contribution in [1.82, 2.24) is 0 Å². The Morgan fingerprint density at radius 1 is 1.36 bits per heavy atom. The van der Waals surface area contributed by atoms with E-state index < -0.39 is 5.91 Å². The van der Waals surface area contributed by atoms with Crippen molar-refractivity contribution in [3.63, 3.8) is 0 Å². The standard InChI is InChI=1S/C15H14BrN3O2S/c16-9-1-2-10-11(6-9)21-4-3-8-5-12(22-14(8)10)15(18)19-7-13(17)20/h1-2,5-6H,3-4,7H2,(H2,17,20)(H2,18,19). The molecule has 1 aliphatic rings. The largest absolute Gasteiger partial charge is 0.493 e. The van der Waals surface area contributed by atoms with Crippen LogP contribution < -0.4 is 16.2 Å². The van der Waals surface area contributed by atoms with Crippen molar-refractivity contribution in [2.45, 2.75) is 6.42 Å². The molecule has 0 saturated heterocycles. The second kappa shape index (κ2) is 6.10. The fourth-order valence-electron chi connectivity index (χ4n) is 2.28. The van der Waals surface area contributed by atoms with Gasteiger partial charge in [0.1, 0.15) is 18.1 Å². The highest BCUT2D eigenvalue weighted by Gasteiger charge is 2.20. The Labute approximate surface area is 140 Å². The molecule has 1 aliphatic heterocycles. The summed E-state index contributed by atoms with van der Waals surface area (Å²) in [7, 11) is 0. The van der Waals surface area contributed by atoms with Gasteiger partial charge in [0.2, 0.25) is 5.91 Å². The van der Waals surface area contributed by atoms with E-state index in [9.17, 15) is 4.79 Å². The minimum atomic E-state index is -0.496. The van der Waals surface area contributed by atoms with Crippen LogP contribution in [-0.2, 0) is 11.2 Å². The van der Waals surface area contributed by atoms with Crippen molar-refractivity contribution in [2.75, 3.05) is 13.2 Å². The van der Waals surface area contributed by atoms with Crippen LogP contribution in [-0.4, -0.2) is 24.9 Å². The molecule has 114 valence electrons. The molecule has 4 N–H and O–H groups in total. The number of thiophene rings is 1. The number of hydrogen-bond acceptors (Lipinski definition) is 4. The molecule has 0 atom stereocenters. The van der Waals surface area contributed by atoms with E-state index in [2.05, 4.69) is 20.9 Å². The summed E-state index contributed by atoms with van der Waals surface area (Å²) < 4.78 is 6.78. The van der Waals surface area contributed by atoms with Crippen LogP contribution in [0.1, 0.15) is 10.4 Å². The van der Waals surface area contributed by atoms with E-state index in [0.717, 1.165) is 32.0 Å². The first-order valence-corrected chi connectivity index (χ1v) is 8.29. The van der Waals surface area contributed by atoms with Gasteiger partial charge in [0.05, 0.1) is 11.5 Å². The van der Waals surface area contributed by atoms with E-state index in [4.69, 9.17) is 16.2 Å². The molecule has 0 unspecified atom stereocenters. The number of aliphatic imine (C=N–C) groups is 1. The maximum atomic E-state index is 10.8. The van der Waals surface area contributed by atoms with Crippen LogP contribution in [0.2, 0.25) is 0 Å². The highest BCUT2D eigenvalue weighted by molar-refractivity contribution is 9.10. The number of hydrogen-bond donors (Lipinski definition) is 2. The zero-order chi connectivity index (χ0) is 15.7. The molecule has 7 heteroatoms. The fraction of sp³-hybridized carbons (Fsp3) is 0.200. The first kappa shape index (κ1) is 15.1. The molecule has 1 aromatic heterocycles. The number of primary amides is 1. The average molecular weight is 380 g/mol. The Morgan fingerprint density at radius 2 is 2.18 bits per heavy atom. The molecule has 3 rings (SSSR count). The van der Waals surface area contributed by atoms with E-state index in [-0.39, 0.29) is 6.54 Å². The minimum absolute atomic E-state index is 0.0962. The van der Waals surface area contributed by atoms with E-state index in [1.165, 1.54) is 5.56 Å². The van der Waals surface area contributed by atoms with Gasteiger partial charge in [-0.15, -0.1) is 11.3 Å². The van der Waals surface area contributed by atoms with Crippen LogP contribution in [0.25, 0.3) is 10.4 Å². The van der Waals surface area contributed by atoms with Gasteiger partial charge in [-0.3, -0.25) is 9.79 Å². The minimum Gasteiger partial charge on any atom is -0.493 e. The number of halogens is 1. The number of amides is 1. The second-order valence-electron chi connectivity index (χ2n) is 4.87. The zero-order valence-electron chi connectivity index (χ0n) is 11.6. The van der Waals surface area contributed by atoms with Gasteiger partial charge in [-0.1, -0.05) is 15.9 Å². The first-order valence-electron chi connectivity index (χ1n) is 6.68. The number of benzene rings is 1. The lowest BCUT2D eigenvalue weighted by atomic mass is 10.1. The quantitative estimate of drug-likeness (QED) is 0.632. The van der Waals surface area contributed by atoms with Crippen molar-refractivity contribution in [3.8, 4) is 16.2 Å². The summed E-state index contributed by atoms with van der Waals surface area (Å²) in [5.74, 6) is 0.704. The predicted molar refractivity (Wildman–Crippen MR) is 91.4 cm³/mol. The van der Waals surface area contributed by atoms with Crippen LogP contribution in [0, 0.1) is 0 Å². The fourth-order valence-corrected chi connectivity index (χ4v) is 3.78. The lowest BCUT2D eigenvalue weighted by molar-refractivity contribution is -0.116. The molecule has 0 saturated carbocycles. The van der Waals surface area contributed by atoms with Crippen molar-refractivity contribution >= 4 is 39.0 Å². The van der Waals surface area contributed by atoms with Crippen molar-refractivity contribution in [2.24, 2.45) is 16.5 Å². The second-order valence-corrected chi connectivity index (χ2v) is 6.84. The number of ether oxygens (including phenoxy) is 1. The molecule has 1 aromatic carbocycles. The third-order valence-corrected chi connectivity index (χ3v) is 5.01. The summed E-state index contributed by atoms with van der Waals surface area (Å²) in [6.45, 7) is 0.520. The normalized spacial score (nSPS) is 13.8. The van der Waals surface area contributed by atoms with Gasteiger partial charge in [0.25, 0.3) is 0 Å². The molecule has 2 heterocycles. The highest BCUT2D eigenvalue weighted by atomic mass is 79.9. The Hall–Kier alpha value is -1.86. The predicted octanol–water partition coefficient (Wildman–Crippen LogP) is 2.30. The summed E-state index contributed by atoms with van der Waals surface area (Å²) in [6.07, 6.45) is 0.807. The number of carbonyl (C=O) groups is 1. The third-order valence-electron chi connectivity index (χ3n) is 3.28. The monoisotopic (exact) mass is 379 g/mol. The molecule has 1 amide bonds. The lowest BCUT2D eigenvalue weighted by Gasteiger charge is -2.07. The van der Waals surface area contributed by atoms with E-state index in [1.807, 2.05) is 24.3 Å². The Balaban J connectivity index is 2.02. The number of fused-ring (bicyclic) bond motifs is 3. The molecule has 2 aromatic rings. The van der Waals surface area contributed by atoms with Gasteiger partial charge in [-0.05, 0) is 29.8 Å². The molecule has 0 spiro atoms. The number of nitrogens with two attached hydrogens (primary N) is 2. The van der Waals surface area contributed by atoms with Gasteiger partial charge < -0.3 is 16.2 Å². The lowest BCUT2D eigenvalue weighted by Crippen LogP contribution is -2.19. The summed E-state index contributed by atoms with van der Waals surface area (Å²) in [5, 5.41) is 0. The van der Waals surface area contributed by atoms with Gasteiger partial charge in [0, 0.05) is 21.3 Å². The Morgan fingerprint density at radius 3 is 2.95 bits per heavy atom. The molecular weight excluding hydrogens is 366 g/mol. The van der Waals surface area contributed by atoms with Crippen molar-refractivity contribution < 1.29 is 9.53 Å². The number of nitrogens with zero attached hydrogens (tertiary/aromatic N) is 1. The molecule has 5 nitrogen and oxygen atoms in total. The average Bonchev–Trinajstić information content (AvgIpc) is 2.82. The van der Waals surface area contributed by atoms with Crippen molar-refractivity contribution in [3.05, 3.63) is 39.2 Å². The van der Waals surface area contributed by atoms with Gasteiger partial charge >= 0.3 is 0 Å².